The van der Waals surface area contributed by atoms with E-state index in [0.717, 1.165) is 8.22 Å². The van der Waals surface area contributed by atoms with Crippen molar-refractivity contribution in [2.75, 3.05) is 0 Å². The van der Waals surface area contributed by atoms with Crippen LogP contribution < -0.4 is 4.74 Å². The maximum atomic E-state index is 12.7. The van der Waals surface area contributed by atoms with Gasteiger partial charge in [-0.05, 0) is 41.6 Å². The Balaban J connectivity index is 2.08. The number of aryl methyl sites for hydroxylation is 1. The molecule has 0 aliphatic rings. The number of ether oxygens (including phenoxy) is 1. The molecule has 0 aliphatic heterocycles. The summed E-state index contributed by atoms with van der Waals surface area (Å²) in [5.41, 5.74) is 0.460. The zero-order chi connectivity index (χ0) is 15.9. The smallest absolute Gasteiger partial charge is 0.437 e. The third-order valence-electron chi connectivity index (χ3n) is 2.58. The van der Waals surface area contributed by atoms with E-state index in [-0.39, 0.29) is 11.7 Å². The molecule has 114 valence electrons. The zero-order valence-corrected chi connectivity index (χ0v) is 13.1. The van der Waals surface area contributed by atoms with Crippen molar-refractivity contribution >= 4 is 28.4 Å². The van der Waals surface area contributed by atoms with E-state index in [0.29, 0.717) is 11.4 Å². The van der Waals surface area contributed by atoms with Crippen LogP contribution in [0, 0.1) is 10.6 Å². The molecule has 10 heteroatoms. The fraction of sp³-hybridized carbons (Fsp3) is 0.167. The van der Waals surface area contributed by atoms with E-state index in [9.17, 15) is 13.2 Å². The maximum absolute atomic E-state index is 12.7. The third kappa shape index (κ3) is 2.96. The Morgan fingerprint density at radius 1 is 1.23 bits per heavy atom. The van der Waals surface area contributed by atoms with Gasteiger partial charge in [0.1, 0.15) is 9.45 Å². The van der Waals surface area contributed by atoms with Gasteiger partial charge in [0, 0.05) is 11.8 Å². The lowest BCUT2D eigenvalue weighted by atomic mass is 10.4. The van der Waals surface area contributed by atoms with Gasteiger partial charge in [0.15, 0.2) is 0 Å². The van der Waals surface area contributed by atoms with Gasteiger partial charge in [0.25, 0.3) is 11.6 Å². The predicted octanol–water partition coefficient (Wildman–Crippen LogP) is 3.24. The SMILES string of the molecule is Cc1cc(Oc2ccc(I)nc2)n2nc(C(F)(F)F)nc2n1. The van der Waals surface area contributed by atoms with Crippen molar-refractivity contribution in [2.45, 2.75) is 13.1 Å². The van der Waals surface area contributed by atoms with E-state index in [2.05, 4.69) is 20.1 Å². The molecule has 3 rings (SSSR count). The second-order valence-electron chi connectivity index (χ2n) is 4.30. The van der Waals surface area contributed by atoms with Gasteiger partial charge in [-0.15, -0.1) is 5.10 Å². The quantitative estimate of drug-likeness (QED) is 0.470. The fourth-order valence-electron chi connectivity index (χ4n) is 1.69. The van der Waals surface area contributed by atoms with Gasteiger partial charge < -0.3 is 4.74 Å². The summed E-state index contributed by atoms with van der Waals surface area (Å²) in [5, 5.41) is 3.41. The van der Waals surface area contributed by atoms with Crippen LogP contribution in [0.3, 0.4) is 0 Å². The van der Waals surface area contributed by atoms with Crippen LogP contribution in [0.2, 0.25) is 0 Å². The number of alkyl halides is 3. The molecule has 0 atom stereocenters. The number of hydrogen-bond acceptors (Lipinski definition) is 5. The number of halogens is 4. The lowest BCUT2D eigenvalue weighted by Crippen LogP contribution is -2.07. The topological polar surface area (TPSA) is 65.2 Å². The summed E-state index contributed by atoms with van der Waals surface area (Å²) in [6, 6.07) is 4.83. The second kappa shape index (κ2) is 5.34. The molecule has 0 unspecified atom stereocenters. The standard InChI is InChI=1S/C12H7F3IN5O/c1-6-4-9(22-7-2-3-8(16)17-5-7)21-11(18-6)19-10(20-21)12(13,14)15/h2-5H,1H3. The number of pyridine rings is 1. The maximum Gasteiger partial charge on any atom is 0.453 e. The van der Waals surface area contributed by atoms with Crippen LogP contribution in [0.1, 0.15) is 11.5 Å². The van der Waals surface area contributed by atoms with Crippen LogP contribution >= 0.6 is 22.6 Å². The third-order valence-corrected chi connectivity index (χ3v) is 3.22. The molecule has 3 aromatic heterocycles. The molecule has 0 aromatic carbocycles. The summed E-state index contributed by atoms with van der Waals surface area (Å²) in [5.74, 6) is -0.998. The number of hydrogen-bond donors (Lipinski definition) is 0. The Morgan fingerprint density at radius 2 is 2.00 bits per heavy atom. The van der Waals surface area contributed by atoms with Crippen LogP contribution in [-0.4, -0.2) is 24.6 Å². The highest BCUT2D eigenvalue weighted by Crippen LogP contribution is 2.28. The lowest BCUT2D eigenvalue weighted by Gasteiger charge is -2.07. The van der Waals surface area contributed by atoms with Gasteiger partial charge in [-0.2, -0.15) is 22.7 Å². The monoisotopic (exact) mass is 421 g/mol. The average molecular weight is 421 g/mol. The molecule has 0 aliphatic carbocycles. The molecule has 0 fully saturated rings. The molecular weight excluding hydrogens is 414 g/mol. The molecule has 0 saturated heterocycles. The average Bonchev–Trinajstić information content (AvgIpc) is 2.85. The van der Waals surface area contributed by atoms with Crippen molar-refractivity contribution in [3.63, 3.8) is 0 Å². The van der Waals surface area contributed by atoms with Crippen LogP contribution in [0.5, 0.6) is 11.6 Å². The van der Waals surface area contributed by atoms with Gasteiger partial charge in [-0.1, -0.05) is 0 Å². The first-order chi connectivity index (χ1) is 10.3. The van der Waals surface area contributed by atoms with Gasteiger partial charge in [-0.3, -0.25) is 0 Å². The number of rotatable bonds is 2. The summed E-state index contributed by atoms with van der Waals surface area (Å²) in [6.07, 6.45) is -3.19. The van der Waals surface area contributed by atoms with Crippen molar-refractivity contribution in [1.29, 1.82) is 0 Å². The highest BCUT2D eigenvalue weighted by molar-refractivity contribution is 14.1. The Kier molecular flexibility index (Phi) is 3.62. The molecule has 3 aromatic rings. The first-order valence-corrected chi connectivity index (χ1v) is 7.02. The van der Waals surface area contributed by atoms with Crippen molar-refractivity contribution in [3.8, 4) is 11.6 Å². The molecule has 6 nitrogen and oxygen atoms in total. The van der Waals surface area contributed by atoms with E-state index < -0.39 is 12.0 Å². The van der Waals surface area contributed by atoms with Crippen molar-refractivity contribution in [3.05, 3.63) is 39.6 Å². The minimum atomic E-state index is -4.65. The first kappa shape index (κ1) is 14.9. The molecule has 22 heavy (non-hydrogen) atoms. The minimum Gasteiger partial charge on any atom is -0.437 e. The fourth-order valence-corrected chi connectivity index (χ4v) is 2.01. The molecule has 0 radical (unpaired) electrons. The van der Waals surface area contributed by atoms with E-state index in [1.54, 1.807) is 19.1 Å². The molecule has 0 amide bonds. The summed E-state index contributed by atoms with van der Waals surface area (Å²) in [7, 11) is 0. The molecule has 0 N–H and O–H groups in total. The van der Waals surface area contributed by atoms with Gasteiger partial charge in [-0.25, -0.2) is 9.97 Å². The van der Waals surface area contributed by atoms with Gasteiger partial charge in [0.2, 0.25) is 5.88 Å². The van der Waals surface area contributed by atoms with E-state index in [4.69, 9.17) is 4.74 Å². The normalized spacial score (nSPS) is 11.9. The van der Waals surface area contributed by atoms with Crippen molar-refractivity contribution in [1.82, 2.24) is 24.6 Å². The van der Waals surface area contributed by atoms with Crippen LogP contribution in [-0.2, 0) is 6.18 Å². The van der Waals surface area contributed by atoms with Gasteiger partial charge in [0.05, 0.1) is 6.20 Å². The van der Waals surface area contributed by atoms with E-state index >= 15 is 0 Å². The predicted molar refractivity (Wildman–Crippen MR) is 77.5 cm³/mol. The summed E-state index contributed by atoms with van der Waals surface area (Å²) >= 11 is 2.03. The van der Waals surface area contributed by atoms with Crippen molar-refractivity contribution in [2.24, 2.45) is 0 Å². The number of aromatic nitrogens is 5. The second-order valence-corrected chi connectivity index (χ2v) is 5.40. The molecule has 0 spiro atoms. The Hall–Kier alpha value is -1.98. The Morgan fingerprint density at radius 3 is 2.64 bits per heavy atom. The zero-order valence-electron chi connectivity index (χ0n) is 11.0. The van der Waals surface area contributed by atoms with Crippen LogP contribution in [0.25, 0.3) is 5.78 Å². The van der Waals surface area contributed by atoms with Crippen molar-refractivity contribution < 1.29 is 17.9 Å². The molecule has 0 saturated carbocycles. The molecule has 3 heterocycles. The summed E-state index contributed by atoms with van der Waals surface area (Å²) < 4.78 is 45.4. The van der Waals surface area contributed by atoms with E-state index in [1.807, 2.05) is 22.6 Å². The lowest BCUT2D eigenvalue weighted by molar-refractivity contribution is -0.144. The Bertz CT molecular complexity index is 831. The summed E-state index contributed by atoms with van der Waals surface area (Å²) in [4.78, 5) is 11.3. The first-order valence-electron chi connectivity index (χ1n) is 5.94. The Labute approximate surface area is 135 Å². The highest BCUT2D eigenvalue weighted by Gasteiger charge is 2.37. The van der Waals surface area contributed by atoms with E-state index in [1.165, 1.54) is 12.3 Å². The summed E-state index contributed by atoms with van der Waals surface area (Å²) in [6.45, 7) is 1.63. The van der Waals surface area contributed by atoms with Gasteiger partial charge >= 0.3 is 6.18 Å². The minimum absolute atomic E-state index is 0.0773. The van der Waals surface area contributed by atoms with Crippen LogP contribution in [0.4, 0.5) is 13.2 Å². The molecule has 0 bridgehead atoms. The number of fused-ring (bicyclic) bond motifs is 1. The largest absolute Gasteiger partial charge is 0.453 e. The van der Waals surface area contributed by atoms with Crippen LogP contribution in [0.15, 0.2) is 24.4 Å². The molecular formula is C12H7F3IN5O. The highest BCUT2D eigenvalue weighted by atomic mass is 127. The number of nitrogens with zero attached hydrogens (tertiary/aromatic N) is 5.